The van der Waals surface area contributed by atoms with Crippen LogP contribution in [0.3, 0.4) is 0 Å². The molecule has 0 radical (unpaired) electrons. The van der Waals surface area contributed by atoms with Gasteiger partial charge in [0.2, 0.25) is 0 Å². The Morgan fingerprint density at radius 3 is 2.48 bits per heavy atom. The summed E-state index contributed by atoms with van der Waals surface area (Å²) >= 11 is 4.36. The lowest BCUT2D eigenvalue weighted by Crippen LogP contribution is -2.43. The van der Waals surface area contributed by atoms with Crippen LogP contribution in [0.1, 0.15) is 12.0 Å². The normalized spacial score (nSPS) is 15.5. The van der Waals surface area contributed by atoms with E-state index in [1.54, 1.807) is 25.3 Å². The Morgan fingerprint density at radius 1 is 1.06 bits per heavy atom. The van der Waals surface area contributed by atoms with Crippen LogP contribution in [0.4, 0.5) is 14.5 Å². The zero-order valence-electron chi connectivity index (χ0n) is 17.9. The lowest BCUT2D eigenvalue weighted by molar-refractivity contribution is 0.153. The first kappa shape index (κ1) is 22.3. The molecule has 1 aromatic heterocycles. The predicted octanol–water partition coefficient (Wildman–Crippen LogP) is 5.37. The first-order chi connectivity index (χ1) is 16.0. The van der Waals surface area contributed by atoms with Crippen LogP contribution < -0.4 is 15.0 Å². The number of nitrogens with zero attached hydrogens (tertiary/aromatic N) is 2. The van der Waals surface area contributed by atoms with Gasteiger partial charge in [0.1, 0.15) is 17.1 Å². The summed E-state index contributed by atoms with van der Waals surface area (Å²) in [6.45, 7) is 3.20. The van der Waals surface area contributed by atoms with Crippen LogP contribution in [0.25, 0.3) is 21.7 Å². The Hall–Kier alpha value is -2.52. The van der Waals surface area contributed by atoms with Gasteiger partial charge in [0.25, 0.3) is 6.43 Å². The third kappa shape index (κ3) is 3.91. The van der Waals surface area contributed by atoms with Gasteiger partial charge in [0.05, 0.1) is 24.5 Å². The minimum atomic E-state index is -2.70. The van der Waals surface area contributed by atoms with Gasteiger partial charge in [0, 0.05) is 59.0 Å². The summed E-state index contributed by atoms with van der Waals surface area (Å²) in [6.07, 6.45) is -1.43. The largest absolute Gasteiger partial charge is 0.587 e. The Kier molecular flexibility index (Phi) is 6.09. The third-order valence-electron chi connectivity index (χ3n) is 5.97. The molecule has 1 saturated heterocycles. The molecule has 0 aliphatic carbocycles. The molecule has 3 aromatic carbocycles. The average Bonchev–Trinajstić information content (AvgIpc) is 3.22. The van der Waals surface area contributed by atoms with Gasteiger partial charge < -0.3 is 19.5 Å². The van der Waals surface area contributed by atoms with Crippen LogP contribution >= 0.6 is 11.6 Å². The number of rotatable bonds is 5. The van der Waals surface area contributed by atoms with Crippen molar-refractivity contribution in [2.75, 3.05) is 38.2 Å². The van der Waals surface area contributed by atoms with Crippen molar-refractivity contribution < 1.29 is 18.1 Å². The molecular weight excluding hydrogens is 468 g/mol. The highest BCUT2D eigenvalue weighted by Gasteiger charge is 2.28. The van der Waals surface area contributed by atoms with E-state index in [2.05, 4.69) is 10.2 Å². The van der Waals surface area contributed by atoms with Crippen LogP contribution in [-0.2, 0) is 11.4 Å². The second-order valence-corrected chi connectivity index (χ2v) is 9.60. The number of methoxy groups -OCH3 is 1. The highest BCUT2D eigenvalue weighted by molar-refractivity contribution is 7.90. The summed E-state index contributed by atoms with van der Waals surface area (Å²) in [6, 6.07) is 14.1. The zero-order valence-corrected chi connectivity index (χ0v) is 19.4. The maximum absolute atomic E-state index is 14.0. The van der Waals surface area contributed by atoms with Crippen molar-refractivity contribution >= 4 is 50.3 Å². The molecule has 5 rings (SSSR count). The average molecular weight is 490 g/mol. The number of hydrogen-bond donors (Lipinski definition) is 1. The molecule has 33 heavy (non-hydrogen) atoms. The van der Waals surface area contributed by atoms with Gasteiger partial charge in [-0.25, -0.2) is 8.78 Å². The van der Waals surface area contributed by atoms with Gasteiger partial charge in [-0.15, -0.1) is 0 Å². The Labute approximate surface area is 198 Å². The molecule has 1 aliphatic rings. The smallest absolute Gasteiger partial charge is 0.266 e. The molecule has 0 saturated carbocycles. The number of fused-ring (bicyclic) bond motifs is 2. The summed E-state index contributed by atoms with van der Waals surface area (Å²) in [5.74, 6) is 0.710. The fourth-order valence-electron chi connectivity index (χ4n) is 4.41. The molecule has 1 fully saturated rings. The number of nitrogens with one attached hydrogen (secondary N) is 1. The Bertz CT molecular complexity index is 1320. The quantitative estimate of drug-likeness (QED) is 0.383. The predicted molar refractivity (Wildman–Crippen MR) is 129 cm³/mol. The molecular formula is C24H22ClF2N3O2S. The van der Waals surface area contributed by atoms with Crippen molar-refractivity contribution in [3.8, 4) is 5.75 Å². The molecule has 1 unspecified atom stereocenters. The van der Waals surface area contributed by atoms with Gasteiger partial charge in [-0.2, -0.15) is 3.97 Å². The van der Waals surface area contributed by atoms with E-state index >= 15 is 0 Å². The number of halogens is 3. The maximum Gasteiger partial charge on any atom is 0.266 e. The van der Waals surface area contributed by atoms with Crippen molar-refractivity contribution in [1.82, 2.24) is 9.29 Å². The van der Waals surface area contributed by atoms with E-state index in [1.165, 1.54) is 10.2 Å². The van der Waals surface area contributed by atoms with Crippen LogP contribution in [0.15, 0.2) is 59.6 Å². The van der Waals surface area contributed by atoms with Gasteiger partial charge in [-0.3, -0.25) is 0 Å². The lowest BCUT2D eigenvalue weighted by atomic mass is 10.1. The Morgan fingerprint density at radius 2 is 1.79 bits per heavy atom. The molecule has 1 aliphatic heterocycles. The lowest BCUT2D eigenvalue weighted by Gasteiger charge is -2.31. The van der Waals surface area contributed by atoms with E-state index in [4.69, 9.17) is 16.3 Å². The van der Waals surface area contributed by atoms with E-state index in [9.17, 15) is 13.3 Å². The van der Waals surface area contributed by atoms with Gasteiger partial charge in [-0.1, -0.05) is 35.9 Å². The molecule has 0 bridgehead atoms. The van der Waals surface area contributed by atoms with E-state index in [1.807, 2.05) is 30.3 Å². The summed E-state index contributed by atoms with van der Waals surface area (Å²) < 4.78 is 48.7. The molecule has 5 nitrogen and oxygen atoms in total. The van der Waals surface area contributed by atoms with Crippen molar-refractivity contribution in [2.24, 2.45) is 0 Å². The number of aromatic nitrogens is 1. The van der Waals surface area contributed by atoms with Crippen LogP contribution in [0, 0.1) is 0 Å². The summed E-state index contributed by atoms with van der Waals surface area (Å²) in [7, 11) is 1.63. The molecule has 0 spiro atoms. The summed E-state index contributed by atoms with van der Waals surface area (Å²) in [4.78, 5) is 2.72. The van der Waals surface area contributed by atoms with Crippen molar-refractivity contribution in [2.45, 2.75) is 11.3 Å². The van der Waals surface area contributed by atoms with Crippen LogP contribution in [0.5, 0.6) is 5.75 Å². The Balaban J connectivity index is 1.74. The van der Waals surface area contributed by atoms with E-state index in [0.29, 0.717) is 26.6 Å². The molecule has 1 atom stereocenters. The molecule has 1 N–H and O–H groups in total. The van der Waals surface area contributed by atoms with Gasteiger partial charge in [0.15, 0.2) is 4.90 Å². The number of piperazine rings is 1. The summed E-state index contributed by atoms with van der Waals surface area (Å²) in [5.41, 5.74) is 1.07. The van der Waals surface area contributed by atoms with E-state index < -0.39 is 17.8 Å². The van der Waals surface area contributed by atoms with E-state index in [0.717, 1.165) is 42.6 Å². The fourth-order valence-corrected chi connectivity index (χ4v) is 5.91. The van der Waals surface area contributed by atoms with Crippen molar-refractivity contribution in [1.29, 1.82) is 0 Å². The number of ether oxygens (including phenoxy) is 1. The highest BCUT2D eigenvalue weighted by Crippen LogP contribution is 2.42. The van der Waals surface area contributed by atoms with Gasteiger partial charge >= 0.3 is 0 Å². The standard InChI is InChI=1S/C24H22ClF2N3O2S/c1-32-23-18-5-3-2-4-17(18)22(13-21(23)29-10-8-28-9-11-29)33(31)30-14-19(24(26)27)16-7-6-15(25)12-20(16)30/h2-7,12-14,24,28H,8-11H2,1H3. The van der Waals surface area contributed by atoms with Crippen molar-refractivity contribution in [3.05, 3.63) is 65.3 Å². The molecule has 9 heteroatoms. The molecule has 4 aromatic rings. The number of hydrogen-bond acceptors (Lipinski definition) is 4. The molecule has 0 amide bonds. The maximum atomic E-state index is 14.0. The third-order valence-corrected chi connectivity index (χ3v) is 7.57. The summed E-state index contributed by atoms with van der Waals surface area (Å²) in [5, 5.41) is 5.62. The fraction of sp³-hybridized carbons (Fsp3) is 0.250. The molecule has 2 heterocycles. The monoisotopic (exact) mass is 489 g/mol. The minimum absolute atomic E-state index is 0.171. The highest BCUT2D eigenvalue weighted by atomic mass is 35.5. The van der Waals surface area contributed by atoms with E-state index in [-0.39, 0.29) is 5.56 Å². The SMILES string of the molecule is COc1c(N2CCNCC2)cc([S+]([O-])n2cc(C(F)F)c3ccc(Cl)cc32)c2ccccc12. The van der Waals surface area contributed by atoms with Crippen LogP contribution in [-0.4, -0.2) is 41.8 Å². The second-order valence-electron chi connectivity index (χ2n) is 7.83. The van der Waals surface area contributed by atoms with Crippen molar-refractivity contribution in [3.63, 3.8) is 0 Å². The zero-order chi connectivity index (χ0) is 23.1. The number of alkyl halides is 2. The topological polar surface area (TPSA) is 52.5 Å². The van der Waals surface area contributed by atoms with Gasteiger partial charge in [-0.05, 0) is 18.2 Å². The molecule has 172 valence electrons. The second kappa shape index (κ2) is 9.02. The number of anilines is 1. The minimum Gasteiger partial charge on any atom is -0.587 e. The first-order valence-electron chi connectivity index (χ1n) is 10.6. The van der Waals surface area contributed by atoms with Crippen LogP contribution in [0.2, 0.25) is 5.02 Å². The number of benzene rings is 3. The first-order valence-corrected chi connectivity index (χ1v) is 12.0.